The van der Waals surface area contributed by atoms with Crippen LogP contribution >= 0.6 is 0 Å². The van der Waals surface area contributed by atoms with Crippen LogP contribution in [0.1, 0.15) is 17.2 Å². The van der Waals surface area contributed by atoms with Crippen LogP contribution < -0.4 is 10.1 Å². The molecule has 4 nitrogen and oxygen atoms in total. The Morgan fingerprint density at radius 3 is 2.43 bits per heavy atom. The molecule has 0 bridgehead atoms. The molecule has 0 aromatic heterocycles. The summed E-state index contributed by atoms with van der Waals surface area (Å²) in [5, 5.41) is 12.7. The van der Waals surface area contributed by atoms with E-state index in [2.05, 4.69) is 11.4 Å². The van der Waals surface area contributed by atoms with Gasteiger partial charge >= 0.3 is 0 Å². The number of hydrogen-bond acceptors (Lipinski definition) is 4. The van der Waals surface area contributed by atoms with Gasteiger partial charge in [0.2, 0.25) is 0 Å². The number of nitrogens with one attached hydrogen (secondary N) is 1. The Hall–Kier alpha value is -2.51. The summed E-state index contributed by atoms with van der Waals surface area (Å²) in [5.74, 6) is 0.786. The van der Waals surface area contributed by atoms with Gasteiger partial charge in [-0.1, -0.05) is 24.3 Å². The number of nitriles is 1. The summed E-state index contributed by atoms with van der Waals surface area (Å²) in [5.41, 5.74) is 2.81. The monoisotopic (exact) mass is 282 g/mol. The van der Waals surface area contributed by atoms with Crippen LogP contribution in [0.4, 0.5) is 5.69 Å². The lowest BCUT2D eigenvalue weighted by molar-refractivity contribution is 0.184. The highest BCUT2D eigenvalue weighted by Crippen LogP contribution is 2.24. The molecule has 108 valence electrons. The van der Waals surface area contributed by atoms with E-state index in [1.807, 2.05) is 48.5 Å². The number of hydrogen-bond donors (Lipinski definition) is 1. The Balaban J connectivity index is 2.21. The first-order valence-electron chi connectivity index (χ1n) is 6.65. The topological polar surface area (TPSA) is 54.3 Å². The van der Waals surface area contributed by atoms with E-state index >= 15 is 0 Å². The molecule has 0 fully saturated rings. The molecular weight excluding hydrogens is 264 g/mol. The summed E-state index contributed by atoms with van der Waals surface area (Å²) < 4.78 is 10.3. The van der Waals surface area contributed by atoms with Crippen LogP contribution in [0.5, 0.6) is 5.75 Å². The van der Waals surface area contributed by atoms with Crippen LogP contribution in [-0.4, -0.2) is 14.2 Å². The quantitative estimate of drug-likeness (QED) is 0.880. The molecule has 0 saturated carbocycles. The molecule has 2 aromatic carbocycles. The summed E-state index contributed by atoms with van der Waals surface area (Å²) in [6, 6.07) is 17.2. The van der Waals surface area contributed by atoms with Crippen molar-refractivity contribution in [2.45, 2.75) is 12.6 Å². The summed E-state index contributed by atoms with van der Waals surface area (Å²) >= 11 is 0. The third-order valence-electron chi connectivity index (χ3n) is 3.20. The van der Waals surface area contributed by atoms with Crippen molar-refractivity contribution in [3.8, 4) is 11.8 Å². The maximum atomic E-state index is 9.46. The van der Waals surface area contributed by atoms with Crippen molar-refractivity contribution in [3.63, 3.8) is 0 Å². The Bertz CT molecular complexity index is 617. The number of anilines is 1. The summed E-state index contributed by atoms with van der Waals surface area (Å²) in [7, 11) is 3.27. The van der Waals surface area contributed by atoms with Crippen molar-refractivity contribution in [2.75, 3.05) is 19.5 Å². The summed E-state index contributed by atoms with van der Waals surface area (Å²) in [6.07, 6.45) is 0. The summed E-state index contributed by atoms with van der Waals surface area (Å²) in [6.45, 7) is 0.485. The van der Waals surface area contributed by atoms with Gasteiger partial charge in [0.1, 0.15) is 11.8 Å². The second-order valence-electron chi connectivity index (χ2n) is 4.57. The first-order valence-corrected chi connectivity index (χ1v) is 6.65. The highest BCUT2D eigenvalue weighted by molar-refractivity contribution is 5.50. The molecule has 0 saturated heterocycles. The Kier molecular flexibility index (Phi) is 5.19. The van der Waals surface area contributed by atoms with E-state index in [-0.39, 0.29) is 0 Å². The number of ether oxygens (including phenoxy) is 2. The summed E-state index contributed by atoms with van der Waals surface area (Å²) in [4.78, 5) is 0. The Labute approximate surface area is 124 Å². The SMILES string of the molecule is COCc1ccccc1C(C#N)Nc1ccc(OC)cc1. The largest absolute Gasteiger partial charge is 0.497 e. The molecule has 0 radical (unpaired) electrons. The number of methoxy groups -OCH3 is 2. The average Bonchev–Trinajstić information content (AvgIpc) is 2.54. The predicted molar refractivity (Wildman–Crippen MR) is 82.1 cm³/mol. The van der Waals surface area contributed by atoms with Crippen LogP contribution in [0.3, 0.4) is 0 Å². The molecule has 0 aliphatic heterocycles. The van der Waals surface area contributed by atoms with Gasteiger partial charge in [0.15, 0.2) is 0 Å². The molecule has 1 N–H and O–H groups in total. The molecule has 2 aromatic rings. The third-order valence-corrected chi connectivity index (χ3v) is 3.20. The molecule has 0 aliphatic carbocycles. The number of benzene rings is 2. The van der Waals surface area contributed by atoms with Gasteiger partial charge in [0.05, 0.1) is 19.8 Å². The van der Waals surface area contributed by atoms with E-state index in [4.69, 9.17) is 9.47 Å². The van der Waals surface area contributed by atoms with E-state index in [0.717, 1.165) is 22.6 Å². The fourth-order valence-electron chi connectivity index (χ4n) is 2.14. The van der Waals surface area contributed by atoms with E-state index in [1.54, 1.807) is 14.2 Å². The first-order chi connectivity index (χ1) is 10.3. The average molecular weight is 282 g/mol. The molecule has 0 aliphatic rings. The van der Waals surface area contributed by atoms with Crippen LogP contribution in [0, 0.1) is 11.3 Å². The van der Waals surface area contributed by atoms with Crippen molar-refractivity contribution in [2.24, 2.45) is 0 Å². The molecule has 1 unspecified atom stereocenters. The van der Waals surface area contributed by atoms with E-state index in [1.165, 1.54) is 0 Å². The minimum Gasteiger partial charge on any atom is -0.497 e. The van der Waals surface area contributed by atoms with Crippen molar-refractivity contribution in [1.29, 1.82) is 5.26 Å². The molecule has 1 atom stereocenters. The lowest BCUT2D eigenvalue weighted by Gasteiger charge is -2.17. The molecule has 0 amide bonds. The van der Waals surface area contributed by atoms with Crippen molar-refractivity contribution in [1.82, 2.24) is 0 Å². The maximum absolute atomic E-state index is 9.46. The second-order valence-corrected chi connectivity index (χ2v) is 4.57. The van der Waals surface area contributed by atoms with Gasteiger partial charge in [-0.05, 0) is 35.4 Å². The number of nitrogens with zero attached hydrogens (tertiary/aromatic N) is 1. The van der Waals surface area contributed by atoms with Gasteiger partial charge in [-0.3, -0.25) is 0 Å². The zero-order valence-electron chi connectivity index (χ0n) is 12.2. The lowest BCUT2D eigenvalue weighted by Crippen LogP contribution is -2.11. The van der Waals surface area contributed by atoms with Crippen LogP contribution in [0.2, 0.25) is 0 Å². The van der Waals surface area contributed by atoms with E-state index in [0.29, 0.717) is 6.61 Å². The van der Waals surface area contributed by atoms with Gasteiger partial charge in [-0.25, -0.2) is 0 Å². The Morgan fingerprint density at radius 2 is 1.81 bits per heavy atom. The van der Waals surface area contributed by atoms with Crippen LogP contribution in [-0.2, 0) is 11.3 Å². The first kappa shape index (κ1) is 14.9. The van der Waals surface area contributed by atoms with Crippen LogP contribution in [0.25, 0.3) is 0 Å². The van der Waals surface area contributed by atoms with Gasteiger partial charge in [-0.2, -0.15) is 5.26 Å². The maximum Gasteiger partial charge on any atom is 0.140 e. The molecule has 2 rings (SSSR count). The zero-order chi connectivity index (χ0) is 15.1. The molecule has 4 heteroatoms. The zero-order valence-corrected chi connectivity index (χ0v) is 12.2. The molecule has 0 spiro atoms. The standard InChI is InChI=1S/C17H18N2O2/c1-20-12-13-5-3-4-6-16(13)17(11-18)19-14-7-9-15(21-2)10-8-14/h3-10,17,19H,12H2,1-2H3. The number of rotatable bonds is 6. The Morgan fingerprint density at radius 1 is 1.10 bits per heavy atom. The van der Waals surface area contributed by atoms with E-state index < -0.39 is 6.04 Å². The molecule has 0 heterocycles. The molecule has 21 heavy (non-hydrogen) atoms. The lowest BCUT2D eigenvalue weighted by atomic mass is 10.0. The van der Waals surface area contributed by atoms with Crippen LogP contribution in [0.15, 0.2) is 48.5 Å². The fraction of sp³-hybridized carbons (Fsp3) is 0.235. The highest BCUT2D eigenvalue weighted by Gasteiger charge is 2.14. The fourth-order valence-corrected chi connectivity index (χ4v) is 2.14. The van der Waals surface area contributed by atoms with Crippen molar-refractivity contribution < 1.29 is 9.47 Å². The van der Waals surface area contributed by atoms with Gasteiger partial charge in [0, 0.05) is 12.8 Å². The minimum atomic E-state index is -0.426. The minimum absolute atomic E-state index is 0.426. The van der Waals surface area contributed by atoms with Gasteiger partial charge in [-0.15, -0.1) is 0 Å². The highest BCUT2D eigenvalue weighted by atomic mass is 16.5. The third kappa shape index (κ3) is 3.74. The van der Waals surface area contributed by atoms with Gasteiger partial charge in [0.25, 0.3) is 0 Å². The van der Waals surface area contributed by atoms with Gasteiger partial charge < -0.3 is 14.8 Å². The predicted octanol–water partition coefficient (Wildman–Crippen LogP) is 3.52. The second kappa shape index (κ2) is 7.32. The van der Waals surface area contributed by atoms with Crippen molar-refractivity contribution >= 4 is 5.69 Å². The molecular formula is C17H18N2O2. The smallest absolute Gasteiger partial charge is 0.140 e. The normalized spacial score (nSPS) is 11.5. The van der Waals surface area contributed by atoms with E-state index in [9.17, 15) is 5.26 Å². The van der Waals surface area contributed by atoms with Crippen molar-refractivity contribution in [3.05, 3.63) is 59.7 Å².